The summed E-state index contributed by atoms with van der Waals surface area (Å²) < 4.78 is 16.6. The fourth-order valence-electron chi connectivity index (χ4n) is 2.18. The second-order valence-electron chi connectivity index (χ2n) is 5.43. The Bertz CT molecular complexity index is 735. The Morgan fingerprint density at radius 1 is 1.00 bits per heavy atom. The summed E-state index contributed by atoms with van der Waals surface area (Å²) in [5.74, 6) is 1.87. The van der Waals surface area contributed by atoms with Gasteiger partial charge in [-0.1, -0.05) is 17.7 Å². The summed E-state index contributed by atoms with van der Waals surface area (Å²) in [6.45, 7) is 2.98. The fourth-order valence-corrected chi connectivity index (χ4v) is 2.41. The standard InChI is InChI=1S/C18H20ClNO5/c1-13-5-7-17(18(11-13)23-2)25-10-4-3-9-24-16-8-6-14(20(21)22)12-15(16)19/h5-8,11-12H,3-4,9-10H2,1-2H3. The van der Waals surface area contributed by atoms with Crippen molar-refractivity contribution in [2.24, 2.45) is 0 Å². The van der Waals surface area contributed by atoms with E-state index in [2.05, 4.69) is 0 Å². The van der Waals surface area contributed by atoms with Crippen LogP contribution in [0.25, 0.3) is 0 Å². The summed E-state index contributed by atoms with van der Waals surface area (Å²) in [6.07, 6.45) is 1.56. The molecule has 0 saturated carbocycles. The maximum atomic E-state index is 10.7. The lowest BCUT2D eigenvalue weighted by Gasteiger charge is -2.11. The van der Waals surface area contributed by atoms with Crippen LogP contribution in [0.3, 0.4) is 0 Å². The second kappa shape index (κ2) is 9.13. The summed E-state index contributed by atoms with van der Waals surface area (Å²) in [4.78, 5) is 10.2. The lowest BCUT2D eigenvalue weighted by atomic mass is 10.2. The third-order valence-electron chi connectivity index (χ3n) is 3.50. The van der Waals surface area contributed by atoms with Gasteiger partial charge in [0.25, 0.3) is 5.69 Å². The second-order valence-corrected chi connectivity index (χ2v) is 5.84. The maximum Gasteiger partial charge on any atom is 0.271 e. The van der Waals surface area contributed by atoms with Crippen molar-refractivity contribution in [3.8, 4) is 17.2 Å². The third kappa shape index (κ3) is 5.53. The number of non-ortho nitro benzene ring substituents is 1. The van der Waals surface area contributed by atoms with Gasteiger partial charge in [-0.3, -0.25) is 10.1 Å². The van der Waals surface area contributed by atoms with Crippen LogP contribution in [0, 0.1) is 17.0 Å². The molecule has 2 aromatic rings. The highest BCUT2D eigenvalue weighted by Crippen LogP contribution is 2.29. The number of ether oxygens (including phenoxy) is 3. The van der Waals surface area contributed by atoms with Crippen molar-refractivity contribution in [2.45, 2.75) is 19.8 Å². The minimum Gasteiger partial charge on any atom is -0.493 e. The van der Waals surface area contributed by atoms with E-state index >= 15 is 0 Å². The largest absolute Gasteiger partial charge is 0.493 e. The molecule has 0 aliphatic carbocycles. The fraction of sp³-hybridized carbons (Fsp3) is 0.333. The highest BCUT2D eigenvalue weighted by atomic mass is 35.5. The van der Waals surface area contributed by atoms with E-state index in [-0.39, 0.29) is 10.7 Å². The van der Waals surface area contributed by atoms with Crippen LogP contribution in [-0.4, -0.2) is 25.2 Å². The predicted octanol–water partition coefficient (Wildman–Crippen LogP) is 4.80. The van der Waals surface area contributed by atoms with Crippen LogP contribution in [0.4, 0.5) is 5.69 Å². The first-order valence-electron chi connectivity index (χ1n) is 7.85. The van der Waals surface area contributed by atoms with Gasteiger partial charge in [0.15, 0.2) is 11.5 Å². The van der Waals surface area contributed by atoms with Crippen molar-refractivity contribution >= 4 is 17.3 Å². The summed E-state index contributed by atoms with van der Waals surface area (Å²) in [7, 11) is 1.61. The molecule has 0 aliphatic heterocycles. The third-order valence-corrected chi connectivity index (χ3v) is 3.79. The van der Waals surface area contributed by atoms with E-state index in [9.17, 15) is 10.1 Å². The number of aryl methyl sites for hydroxylation is 1. The zero-order valence-electron chi connectivity index (χ0n) is 14.2. The van der Waals surface area contributed by atoms with Crippen molar-refractivity contribution in [3.05, 3.63) is 57.1 Å². The molecule has 0 atom stereocenters. The average molecular weight is 366 g/mol. The predicted molar refractivity (Wildman–Crippen MR) is 96.1 cm³/mol. The molecule has 7 heteroatoms. The van der Waals surface area contributed by atoms with Gasteiger partial charge >= 0.3 is 0 Å². The molecule has 0 heterocycles. The van der Waals surface area contributed by atoms with Crippen LogP contribution in [0.5, 0.6) is 17.2 Å². The highest BCUT2D eigenvalue weighted by molar-refractivity contribution is 6.32. The molecule has 2 aromatic carbocycles. The number of unbranched alkanes of at least 4 members (excludes halogenated alkanes) is 1. The topological polar surface area (TPSA) is 70.8 Å². The molecule has 6 nitrogen and oxygen atoms in total. The van der Waals surface area contributed by atoms with Gasteiger partial charge in [0.05, 0.1) is 30.3 Å². The van der Waals surface area contributed by atoms with E-state index in [0.29, 0.717) is 30.5 Å². The Kier molecular flexibility index (Phi) is 6.89. The number of rotatable bonds is 9. The number of halogens is 1. The Hall–Kier alpha value is -2.47. The van der Waals surface area contributed by atoms with Gasteiger partial charge in [0.1, 0.15) is 5.75 Å². The zero-order chi connectivity index (χ0) is 18.2. The van der Waals surface area contributed by atoms with Crippen LogP contribution in [0.2, 0.25) is 5.02 Å². The SMILES string of the molecule is COc1cc(C)ccc1OCCCCOc1ccc([N+](=O)[O-])cc1Cl. The summed E-state index contributed by atoms with van der Waals surface area (Å²) in [5.41, 5.74) is 1.05. The Morgan fingerprint density at radius 2 is 1.64 bits per heavy atom. The quantitative estimate of drug-likeness (QED) is 0.362. The van der Waals surface area contributed by atoms with Gasteiger partial charge in [-0.2, -0.15) is 0 Å². The molecule has 0 spiro atoms. The Labute approximate surface area is 151 Å². The smallest absolute Gasteiger partial charge is 0.271 e. The highest BCUT2D eigenvalue weighted by Gasteiger charge is 2.10. The molecular formula is C18H20ClNO5. The molecule has 0 bridgehead atoms. The van der Waals surface area contributed by atoms with E-state index in [1.54, 1.807) is 7.11 Å². The van der Waals surface area contributed by atoms with Gasteiger partial charge in [0, 0.05) is 12.1 Å². The number of hydrogen-bond acceptors (Lipinski definition) is 5. The van der Waals surface area contributed by atoms with Gasteiger partial charge in [-0.25, -0.2) is 0 Å². The van der Waals surface area contributed by atoms with Gasteiger partial charge in [-0.05, 0) is 43.5 Å². The molecule has 0 radical (unpaired) electrons. The molecule has 2 rings (SSSR count). The molecule has 134 valence electrons. The average Bonchev–Trinajstić information content (AvgIpc) is 2.59. The summed E-state index contributed by atoms with van der Waals surface area (Å²) in [5, 5.41) is 10.9. The number of nitrogens with zero attached hydrogens (tertiary/aromatic N) is 1. The number of benzene rings is 2. The molecule has 0 N–H and O–H groups in total. The maximum absolute atomic E-state index is 10.7. The number of hydrogen-bond donors (Lipinski definition) is 0. The molecule has 0 aromatic heterocycles. The minimum absolute atomic E-state index is 0.0576. The first kappa shape index (κ1) is 18.9. The lowest BCUT2D eigenvalue weighted by molar-refractivity contribution is -0.384. The molecule has 0 fully saturated rings. The van der Waals surface area contributed by atoms with Gasteiger partial charge in [0.2, 0.25) is 0 Å². The van der Waals surface area contributed by atoms with Crippen molar-refractivity contribution in [1.29, 1.82) is 0 Å². The van der Waals surface area contributed by atoms with Crippen molar-refractivity contribution in [2.75, 3.05) is 20.3 Å². The number of nitro groups is 1. The van der Waals surface area contributed by atoms with Crippen molar-refractivity contribution in [3.63, 3.8) is 0 Å². The summed E-state index contributed by atoms with van der Waals surface area (Å²) >= 11 is 5.97. The Morgan fingerprint density at radius 3 is 2.24 bits per heavy atom. The number of nitro benzene ring substituents is 1. The van der Waals surface area contributed by atoms with E-state index < -0.39 is 4.92 Å². The molecule has 0 amide bonds. The monoisotopic (exact) mass is 365 g/mol. The lowest BCUT2D eigenvalue weighted by Crippen LogP contribution is -2.03. The van der Waals surface area contributed by atoms with Crippen LogP contribution in [0.15, 0.2) is 36.4 Å². The van der Waals surface area contributed by atoms with Crippen LogP contribution in [0.1, 0.15) is 18.4 Å². The van der Waals surface area contributed by atoms with Crippen LogP contribution in [-0.2, 0) is 0 Å². The van der Waals surface area contributed by atoms with E-state index in [0.717, 1.165) is 18.4 Å². The molecule has 0 saturated heterocycles. The first-order chi connectivity index (χ1) is 12.0. The minimum atomic E-state index is -0.494. The molecule has 25 heavy (non-hydrogen) atoms. The summed E-state index contributed by atoms with van der Waals surface area (Å²) in [6, 6.07) is 9.94. The molecular weight excluding hydrogens is 346 g/mol. The van der Waals surface area contributed by atoms with Crippen LogP contribution < -0.4 is 14.2 Å². The molecule has 0 unspecified atom stereocenters. The first-order valence-corrected chi connectivity index (χ1v) is 8.23. The van der Waals surface area contributed by atoms with Gasteiger partial charge in [-0.15, -0.1) is 0 Å². The Balaban J connectivity index is 1.73. The van der Waals surface area contributed by atoms with E-state index in [4.69, 9.17) is 25.8 Å². The molecule has 0 aliphatic rings. The van der Waals surface area contributed by atoms with E-state index in [1.807, 2.05) is 25.1 Å². The normalized spacial score (nSPS) is 10.4. The van der Waals surface area contributed by atoms with Gasteiger partial charge < -0.3 is 14.2 Å². The van der Waals surface area contributed by atoms with Crippen molar-refractivity contribution < 1.29 is 19.1 Å². The number of methoxy groups -OCH3 is 1. The zero-order valence-corrected chi connectivity index (χ0v) is 14.9. The van der Waals surface area contributed by atoms with E-state index in [1.165, 1.54) is 18.2 Å². The van der Waals surface area contributed by atoms with Crippen LogP contribution >= 0.6 is 11.6 Å². The van der Waals surface area contributed by atoms with Crippen molar-refractivity contribution in [1.82, 2.24) is 0 Å².